The van der Waals surface area contributed by atoms with E-state index in [-0.39, 0.29) is 11.7 Å². The number of aromatic nitrogens is 3. The van der Waals surface area contributed by atoms with Crippen molar-refractivity contribution in [3.05, 3.63) is 48.5 Å². The van der Waals surface area contributed by atoms with E-state index in [9.17, 15) is 13.2 Å². The summed E-state index contributed by atoms with van der Waals surface area (Å²) in [4.78, 5) is 11.7. The summed E-state index contributed by atoms with van der Waals surface area (Å²) in [6.07, 6.45) is 1.09. The van der Waals surface area contributed by atoms with Gasteiger partial charge in [0.15, 0.2) is 11.0 Å². The van der Waals surface area contributed by atoms with E-state index in [1.54, 1.807) is 38.4 Å². The van der Waals surface area contributed by atoms with Crippen LogP contribution in [-0.4, -0.2) is 55.3 Å². The third-order valence-electron chi connectivity index (χ3n) is 4.02. The lowest BCUT2D eigenvalue weighted by molar-refractivity contribution is -0.118. The summed E-state index contributed by atoms with van der Waals surface area (Å²) < 4.78 is 32.6. The van der Waals surface area contributed by atoms with Crippen LogP contribution in [0, 0.1) is 0 Å². The van der Waals surface area contributed by atoms with Crippen LogP contribution < -0.4 is 14.8 Å². The molecular weight excluding hydrogens is 426 g/mol. The molecule has 0 radical (unpaired) electrons. The molecule has 1 heterocycles. The van der Waals surface area contributed by atoms with Gasteiger partial charge in [-0.1, -0.05) is 23.9 Å². The van der Waals surface area contributed by atoms with Gasteiger partial charge in [-0.15, -0.1) is 10.2 Å². The minimum atomic E-state index is -3.37. The molecule has 1 amide bonds. The largest absolute Gasteiger partial charge is 0.495 e. The van der Waals surface area contributed by atoms with Gasteiger partial charge in [0, 0.05) is 18.3 Å². The first-order chi connectivity index (χ1) is 14.3. The number of para-hydroxylation sites is 2. The molecule has 30 heavy (non-hydrogen) atoms. The van der Waals surface area contributed by atoms with Gasteiger partial charge in [0.2, 0.25) is 15.9 Å². The Kier molecular flexibility index (Phi) is 6.63. The average molecular weight is 448 g/mol. The van der Waals surface area contributed by atoms with Crippen LogP contribution in [0.25, 0.3) is 17.1 Å². The van der Waals surface area contributed by atoms with Crippen LogP contribution in [0.5, 0.6) is 5.75 Å². The Morgan fingerprint density at radius 3 is 2.47 bits per heavy atom. The first kappa shape index (κ1) is 21.7. The SMILES string of the molecule is CNC(=O)CSc1nnc(-c2ccc(NS(C)(=O)=O)cc2)n1-c1ccccc1OC. The number of benzene rings is 2. The van der Waals surface area contributed by atoms with E-state index in [2.05, 4.69) is 20.2 Å². The van der Waals surface area contributed by atoms with Crippen molar-refractivity contribution >= 4 is 33.4 Å². The summed E-state index contributed by atoms with van der Waals surface area (Å²) in [6, 6.07) is 14.2. The van der Waals surface area contributed by atoms with E-state index in [1.807, 2.05) is 28.8 Å². The van der Waals surface area contributed by atoms with E-state index >= 15 is 0 Å². The molecule has 0 fully saturated rings. The monoisotopic (exact) mass is 447 g/mol. The second-order valence-electron chi connectivity index (χ2n) is 6.23. The third kappa shape index (κ3) is 5.10. The lowest BCUT2D eigenvalue weighted by Crippen LogP contribution is -2.20. The molecule has 0 aliphatic carbocycles. The lowest BCUT2D eigenvalue weighted by atomic mass is 10.2. The van der Waals surface area contributed by atoms with Gasteiger partial charge in [0.1, 0.15) is 5.75 Å². The molecule has 0 aliphatic heterocycles. The number of amides is 1. The summed E-state index contributed by atoms with van der Waals surface area (Å²) in [6.45, 7) is 0. The molecule has 0 spiro atoms. The summed E-state index contributed by atoms with van der Waals surface area (Å²) in [5.41, 5.74) is 1.89. The Morgan fingerprint density at radius 1 is 1.13 bits per heavy atom. The molecule has 2 N–H and O–H groups in total. The number of sulfonamides is 1. The molecule has 3 aromatic rings. The molecule has 3 rings (SSSR count). The Labute approximate surface area is 178 Å². The highest BCUT2D eigenvalue weighted by atomic mass is 32.2. The number of carbonyl (C=O) groups excluding carboxylic acids is 1. The smallest absolute Gasteiger partial charge is 0.230 e. The van der Waals surface area contributed by atoms with Crippen LogP contribution in [0.1, 0.15) is 0 Å². The number of nitrogens with zero attached hydrogens (tertiary/aromatic N) is 3. The summed E-state index contributed by atoms with van der Waals surface area (Å²) in [5, 5.41) is 11.7. The van der Waals surface area contributed by atoms with E-state index in [0.717, 1.165) is 17.5 Å². The maximum Gasteiger partial charge on any atom is 0.230 e. The minimum absolute atomic E-state index is 0.132. The van der Waals surface area contributed by atoms with Crippen molar-refractivity contribution < 1.29 is 17.9 Å². The first-order valence-electron chi connectivity index (χ1n) is 8.83. The highest BCUT2D eigenvalue weighted by molar-refractivity contribution is 7.99. The predicted molar refractivity (Wildman–Crippen MR) is 117 cm³/mol. The number of ether oxygens (including phenoxy) is 1. The van der Waals surface area contributed by atoms with Crippen LogP contribution in [0.2, 0.25) is 0 Å². The quantitative estimate of drug-likeness (QED) is 0.509. The van der Waals surface area contributed by atoms with Gasteiger partial charge in [-0.2, -0.15) is 0 Å². The number of anilines is 1. The number of nitrogens with one attached hydrogen (secondary N) is 2. The fourth-order valence-electron chi connectivity index (χ4n) is 2.69. The fourth-order valence-corrected chi connectivity index (χ4v) is 4.07. The minimum Gasteiger partial charge on any atom is -0.495 e. The number of methoxy groups -OCH3 is 1. The molecule has 2 aromatic carbocycles. The second kappa shape index (κ2) is 9.18. The Morgan fingerprint density at radius 2 is 1.83 bits per heavy atom. The van der Waals surface area contributed by atoms with Crippen molar-refractivity contribution in [3.63, 3.8) is 0 Å². The van der Waals surface area contributed by atoms with Crippen molar-refractivity contribution in [2.45, 2.75) is 5.16 Å². The fraction of sp³-hybridized carbons (Fsp3) is 0.211. The summed E-state index contributed by atoms with van der Waals surface area (Å²) in [7, 11) is -0.220. The molecule has 0 saturated heterocycles. The Balaban J connectivity index is 2.06. The molecule has 0 aliphatic rings. The predicted octanol–water partition coefficient (Wildman–Crippen LogP) is 2.15. The normalized spacial score (nSPS) is 11.2. The van der Waals surface area contributed by atoms with Crippen molar-refractivity contribution in [2.75, 3.05) is 30.9 Å². The molecule has 11 heteroatoms. The first-order valence-corrected chi connectivity index (χ1v) is 11.7. The molecule has 0 unspecified atom stereocenters. The van der Waals surface area contributed by atoms with Crippen LogP contribution in [0.4, 0.5) is 5.69 Å². The maximum absolute atomic E-state index is 11.7. The van der Waals surface area contributed by atoms with E-state index in [0.29, 0.717) is 22.4 Å². The van der Waals surface area contributed by atoms with Gasteiger partial charge in [-0.05, 0) is 36.4 Å². The molecule has 0 bridgehead atoms. The zero-order valence-corrected chi connectivity index (χ0v) is 18.3. The maximum atomic E-state index is 11.7. The highest BCUT2D eigenvalue weighted by Gasteiger charge is 2.19. The van der Waals surface area contributed by atoms with Crippen molar-refractivity contribution in [1.29, 1.82) is 0 Å². The summed E-state index contributed by atoms with van der Waals surface area (Å²) in [5.74, 6) is 1.20. The second-order valence-corrected chi connectivity index (χ2v) is 8.92. The van der Waals surface area contributed by atoms with Gasteiger partial charge in [0.05, 0.1) is 24.8 Å². The zero-order valence-electron chi connectivity index (χ0n) is 16.6. The number of thioether (sulfide) groups is 1. The van der Waals surface area contributed by atoms with E-state index < -0.39 is 10.0 Å². The standard InChI is InChI=1S/C19H21N5O4S2/c1-20-17(25)12-29-19-22-21-18(24(19)15-6-4-5-7-16(15)28-2)13-8-10-14(11-9-13)23-30(3,26)27/h4-11,23H,12H2,1-3H3,(H,20,25). The van der Waals surface area contributed by atoms with Crippen LogP contribution >= 0.6 is 11.8 Å². The third-order valence-corrected chi connectivity index (χ3v) is 5.55. The molecule has 1 aromatic heterocycles. The van der Waals surface area contributed by atoms with Crippen LogP contribution in [0.3, 0.4) is 0 Å². The van der Waals surface area contributed by atoms with Crippen LogP contribution in [0.15, 0.2) is 53.7 Å². The molecule has 158 valence electrons. The van der Waals surface area contributed by atoms with E-state index in [4.69, 9.17) is 4.74 Å². The van der Waals surface area contributed by atoms with Crippen molar-refractivity contribution in [3.8, 4) is 22.8 Å². The molecule has 9 nitrogen and oxygen atoms in total. The van der Waals surface area contributed by atoms with Crippen molar-refractivity contribution in [2.24, 2.45) is 0 Å². The highest BCUT2D eigenvalue weighted by Crippen LogP contribution is 2.32. The van der Waals surface area contributed by atoms with Gasteiger partial charge in [-0.3, -0.25) is 14.1 Å². The van der Waals surface area contributed by atoms with Gasteiger partial charge >= 0.3 is 0 Å². The molecular formula is C19H21N5O4S2. The van der Waals surface area contributed by atoms with Crippen LogP contribution in [-0.2, 0) is 14.8 Å². The van der Waals surface area contributed by atoms with Gasteiger partial charge < -0.3 is 10.1 Å². The Bertz CT molecular complexity index is 1140. The number of carbonyl (C=O) groups is 1. The summed E-state index contributed by atoms with van der Waals surface area (Å²) >= 11 is 1.25. The number of hydrogen-bond donors (Lipinski definition) is 2. The lowest BCUT2D eigenvalue weighted by Gasteiger charge is -2.14. The van der Waals surface area contributed by atoms with Gasteiger partial charge in [0.25, 0.3) is 0 Å². The Hall–Kier alpha value is -3.05. The average Bonchev–Trinajstić information content (AvgIpc) is 3.15. The van der Waals surface area contributed by atoms with Gasteiger partial charge in [-0.25, -0.2) is 8.42 Å². The number of rotatable bonds is 8. The topological polar surface area (TPSA) is 115 Å². The molecule has 0 atom stereocenters. The van der Waals surface area contributed by atoms with E-state index in [1.165, 1.54) is 11.8 Å². The number of hydrogen-bond acceptors (Lipinski definition) is 7. The van der Waals surface area contributed by atoms with Crippen molar-refractivity contribution in [1.82, 2.24) is 20.1 Å². The zero-order chi connectivity index (χ0) is 21.7. The molecule has 0 saturated carbocycles.